The smallest absolute Gasteiger partial charge is 0.0471 e. The number of fused-ring (bicyclic) bond motifs is 1. The van der Waals surface area contributed by atoms with Crippen molar-refractivity contribution in [1.82, 2.24) is 0 Å². The third-order valence-corrected chi connectivity index (χ3v) is 4.78. The number of hydrogen-bond donors (Lipinski definition) is 1. The second kappa shape index (κ2) is 7.53. The van der Waals surface area contributed by atoms with Gasteiger partial charge in [0.05, 0.1) is 0 Å². The van der Waals surface area contributed by atoms with Crippen LogP contribution in [0.25, 0.3) is 10.8 Å². The molecule has 0 aliphatic rings. The third kappa shape index (κ3) is 3.88. The average Bonchev–Trinajstić information content (AvgIpc) is 2.47. The van der Waals surface area contributed by atoms with Crippen molar-refractivity contribution >= 4 is 21.6 Å². The first-order valence-corrected chi connectivity index (χ1v) is 8.28. The van der Waals surface area contributed by atoms with Crippen LogP contribution >= 0.6 is 0 Å². The number of benzene rings is 2. The molecular formula is C16H21NO2S. The van der Waals surface area contributed by atoms with Crippen molar-refractivity contribution in [3.63, 3.8) is 0 Å². The first-order chi connectivity index (χ1) is 9.72. The van der Waals surface area contributed by atoms with Crippen LogP contribution in [0, 0.1) is 0 Å². The summed E-state index contributed by atoms with van der Waals surface area (Å²) in [6, 6.07) is 14.1. The standard InChI is InChI=1S/C16H21NO2S/c1-19-10-5-11-20(18)12-16(17)15-9-4-7-13-6-2-3-8-14(13)15/h2-4,6-9,16H,5,10-12,17H2,1H3. The second-order valence-electron chi connectivity index (χ2n) is 4.83. The fourth-order valence-corrected chi connectivity index (χ4v) is 3.50. The maximum absolute atomic E-state index is 12.0. The topological polar surface area (TPSA) is 52.3 Å². The van der Waals surface area contributed by atoms with Gasteiger partial charge in [-0.1, -0.05) is 42.5 Å². The molecule has 0 aromatic heterocycles. The normalized spacial score (nSPS) is 14.3. The lowest BCUT2D eigenvalue weighted by molar-refractivity contribution is 0.200. The Labute approximate surface area is 122 Å². The van der Waals surface area contributed by atoms with Gasteiger partial charge in [-0.25, -0.2) is 0 Å². The van der Waals surface area contributed by atoms with E-state index >= 15 is 0 Å². The van der Waals surface area contributed by atoms with Crippen molar-refractivity contribution in [2.45, 2.75) is 12.5 Å². The average molecular weight is 291 g/mol. The highest BCUT2D eigenvalue weighted by Crippen LogP contribution is 2.23. The van der Waals surface area contributed by atoms with E-state index in [1.54, 1.807) is 7.11 Å². The maximum atomic E-state index is 12.0. The molecule has 0 saturated heterocycles. The zero-order valence-electron chi connectivity index (χ0n) is 11.7. The summed E-state index contributed by atoms with van der Waals surface area (Å²) in [5, 5.41) is 2.32. The Hall–Kier alpha value is -1.23. The highest BCUT2D eigenvalue weighted by molar-refractivity contribution is 7.85. The molecule has 0 spiro atoms. The molecular weight excluding hydrogens is 270 g/mol. The van der Waals surface area contributed by atoms with Crippen LogP contribution in [0.5, 0.6) is 0 Å². The van der Waals surface area contributed by atoms with Gasteiger partial charge >= 0.3 is 0 Å². The SMILES string of the molecule is COCCCS(=O)CC(N)c1cccc2ccccc12. The Bertz CT molecular complexity index is 580. The van der Waals surface area contributed by atoms with Crippen LogP contribution < -0.4 is 5.73 Å². The molecule has 2 N–H and O–H groups in total. The molecule has 0 fully saturated rings. The van der Waals surface area contributed by atoms with Crippen LogP contribution in [0.4, 0.5) is 0 Å². The molecule has 0 radical (unpaired) electrons. The zero-order valence-corrected chi connectivity index (χ0v) is 12.6. The van der Waals surface area contributed by atoms with Gasteiger partial charge in [0.25, 0.3) is 0 Å². The lowest BCUT2D eigenvalue weighted by atomic mass is 10.0. The van der Waals surface area contributed by atoms with E-state index in [9.17, 15) is 4.21 Å². The summed E-state index contributed by atoms with van der Waals surface area (Å²) in [5.74, 6) is 1.14. The van der Waals surface area contributed by atoms with Gasteiger partial charge in [-0.15, -0.1) is 0 Å². The van der Waals surface area contributed by atoms with E-state index in [1.807, 2.05) is 24.3 Å². The molecule has 2 unspecified atom stereocenters. The number of methoxy groups -OCH3 is 1. The minimum atomic E-state index is -0.900. The van der Waals surface area contributed by atoms with E-state index in [4.69, 9.17) is 10.5 Å². The van der Waals surface area contributed by atoms with Crippen molar-refractivity contribution in [2.24, 2.45) is 5.73 Å². The Kier molecular flexibility index (Phi) is 5.71. The summed E-state index contributed by atoms with van der Waals surface area (Å²) in [4.78, 5) is 0. The van der Waals surface area contributed by atoms with E-state index < -0.39 is 10.8 Å². The Morgan fingerprint density at radius 1 is 1.20 bits per heavy atom. The van der Waals surface area contributed by atoms with Gasteiger partial charge in [0.1, 0.15) is 0 Å². The van der Waals surface area contributed by atoms with Crippen molar-refractivity contribution in [2.75, 3.05) is 25.2 Å². The molecule has 2 aromatic rings. The van der Waals surface area contributed by atoms with Crippen LogP contribution in [-0.4, -0.2) is 29.4 Å². The quantitative estimate of drug-likeness (QED) is 0.798. The van der Waals surface area contributed by atoms with Crippen LogP contribution in [-0.2, 0) is 15.5 Å². The summed E-state index contributed by atoms with van der Waals surface area (Å²) >= 11 is 0. The summed E-state index contributed by atoms with van der Waals surface area (Å²) in [5.41, 5.74) is 7.31. The molecule has 108 valence electrons. The van der Waals surface area contributed by atoms with Crippen molar-refractivity contribution in [1.29, 1.82) is 0 Å². The third-order valence-electron chi connectivity index (χ3n) is 3.31. The Morgan fingerprint density at radius 3 is 2.75 bits per heavy atom. The van der Waals surface area contributed by atoms with Crippen LogP contribution in [0.1, 0.15) is 18.0 Å². The minimum absolute atomic E-state index is 0.190. The largest absolute Gasteiger partial charge is 0.385 e. The van der Waals surface area contributed by atoms with Gasteiger partial charge in [-0.05, 0) is 22.8 Å². The van der Waals surface area contributed by atoms with Gasteiger partial charge < -0.3 is 10.5 Å². The number of rotatable bonds is 7. The predicted octanol–water partition coefficient (Wildman–Crippen LogP) is 2.62. The summed E-state index contributed by atoms with van der Waals surface area (Å²) in [6.07, 6.45) is 0.811. The van der Waals surface area contributed by atoms with E-state index in [2.05, 4.69) is 18.2 Å². The molecule has 20 heavy (non-hydrogen) atoms. The first-order valence-electron chi connectivity index (χ1n) is 6.79. The highest BCUT2D eigenvalue weighted by atomic mass is 32.2. The summed E-state index contributed by atoms with van der Waals surface area (Å²) in [7, 11) is 0.757. The predicted molar refractivity (Wildman–Crippen MR) is 85.2 cm³/mol. The molecule has 2 atom stereocenters. The molecule has 0 bridgehead atoms. The zero-order chi connectivity index (χ0) is 14.4. The fourth-order valence-electron chi connectivity index (χ4n) is 2.31. The van der Waals surface area contributed by atoms with Crippen LogP contribution in [0.15, 0.2) is 42.5 Å². The van der Waals surface area contributed by atoms with Gasteiger partial charge in [0, 0.05) is 42.1 Å². The van der Waals surface area contributed by atoms with E-state index in [0.29, 0.717) is 18.1 Å². The molecule has 0 amide bonds. The van der Waals surface area contributed by atoms with Crippen molar-refractivity contribution in [3.8, 4) is 0 Å². The van der Waals surface area contributed by atoms with E-state index in [0.717, 1.165) is 17.4 Å². The number of ether oxygens (including phenoxy) is 1. The monoisotopic (exact) mass is 291 g/mol. The Morgan fingerprint density at radius 2 is 1.95 bits per heavy atom. The highest BCUT2D eigenvalue weighted by Gasteiger charge is 2.13. The maximum Gasteiger partial charge on any atom is 0.0471 e. The molecule has 2 rings (SSSR count). The number of hydrogen-bond acceptors (Lipinski definition) is 3. The van der Waals surface area contributed by atoms with Crippen LogP contribution in [0.2, 0.25) is 0 Å². The number of nitrogens with two attached hydrogens (primary N) is 1. The lowest BCUT2D eigenvalue weighted by Gasteiger charge is -2.14. The van der Waals surface area contributed by atoms with E-state index in [1.165, 1.54) is 5.39 Å². The molecule has 0 aliphatic heterocycles. The van der Waals surface area contributed by atoms with Crippen molar-refractivity contribution < 1.29 is 8.95 Å². The first kappa shape index (κ1) is 15.2. The molecule has 0 heterocycles. The second-order valence-corrected chi connectivity index (χ2v) is 6.45. The summed E-state index contributed by atoms with van der Waals surface area (Å²) in [6.45, 7) is 0.648. The molecule has 2 aromatic carbocycles. The van der Waals surface area contributed by atoms with Gasteiger partial charge in [0.15, 0.2) is 0 Å². The molecule has 4 heteroatoms. The minimum Gasteiger partial charge on any atom is -0.385 e. The van der Waals surface area contributed by atoms with Gasteiger partial charge in [-0.3, -0.25) is 4.21 Å². The lowest BCUT2D eigenvalue weighted by Crippen LogP contribution is -2.20. The molecule has 0 saturated carbocycles. The molecule has 3 nitrogen and oxygen atoms in total. The fraction of sp³-hybridized carbons (Fsp3) is 0.375. The van der Waals surface area contributed by atoms with Gasteiger partial charge in [0.2, 0.25) is 0 Å². The molecule has 0 aliphatic carbocycles. The van der Waals surface area contributed by atoms with Crippen LogP contribution in [0.3, 0.4) is 0 Å². The van der Waals surface area contributed by atoms with E-state index in [-0.39, 0.29) is 6.04 Å². The van der Waals surface area contributed by atoms with Gasteiger partial charge in [-0.2, -0.15) is 0 Å². The Balaban J connectivity index is 2.07. The summed E-state index contributed by atoms with van der Waals surface area (Å²) < 4.78 is 17.0. The van der Waals surface area contributed by atoms with Crippen molar-refractivity contribution in [3.05, 3.63) is 48.0 Å².